The average Bonchev–Trinajstić information content (AvgIpc) is 3.03. The maximum atomic E-state index is 11.9. The number of fused-ring (bicyclic) bond motifs is 1. The van der Waals surface area contributed by atoms with Gasteiger partial charge in [-0.05, 0) is 12.1 Å². The smallest absolute Gasteiger partial charge is 0.263 e. The standard InChI is InChI=1S/C11H9NO4/c13-5-8-11(16-8)12-9(14)6-3-1-2-4-7(6)10(12)15/h1-4,8,11,13H,5H2. The lowest BCUT2D eigenvalue weighted by Gasteiger charge is -2.09. The number of nitrogens with zero attached hydrogens (tertiary/aromatic N) is 1. The molecule has 3 rings (SSSR count). The van der Waals surface area contributed by atoms with Gasteiger partial charge in [-0.15, -0.1) is 0 Å². The zero-order valence-electron chi connectivity index (χ0n) is 8.29. The van der Waals surface area contributed by atoms with E-state index in [0.29, 0.717) is 11.1 Å². The van der Waals surface area contributed by atoms with Crippen LogP contribution in [0.15, 0.2) is 24.3 Å². The van der Waals surface area contributed by atoms with E-state index in [4.69, 9.17) is 9.84 Å². The lowest BCUT2D eigenvalue weighted by molar-refractivity contribution is 0.0579. The van der Waals surface area contributed by atoms with E-state index in [9.17, 15) is 9.59 Å². The summed E-state index contributed by atoms with van der Waals surface area (Å²) in [6.07, 6.45) is -1.03. The molecule has 0 aromatic heterocycles. The number of aliphatic hydroxyl groups excluding tert-OH is 1. The topological polar surface area (TPSA) is 70.1 Å². The van der Waals surface area contributed by atoms with Crippen molar-refractivity contribution < 1.29 is 19.4 Å². The van der Waals surface area contributed by atoms with Gasteiger partial charge in [0, 0.05) is 0 Å². The van der Waals surface area contributed by atoms with Gasteiger partial charge in [-0.1, -0.05) is 12.1 Å². The summed E-state index contributed by atoms with van der Waals surface area (Å²) in [5.41, 5.74) is 0.805. The van der Waals surface area contributed by atoms with Gasteiger partial charge in [-0.3, -0.25) is 9.59 Å². The van der Waals surface area contributed by atoms with Gasteiger partial charge in [-0.2, -0.15) is 0 Å². The highest BCUT2D eigenvalue weighted by atomic mass is 16.6. The monoisotopic (exact) mass is 219 g/mol. The minimum absolute atomic E-state index is 0.182. The number of carbonyl (C=O) groups is 2. The van der Waals surface area contributed by atoms with Crippen LogP contribution in [0.5, 0.6) is 0 Å². The van der Waals surface area contributed by atoms with E-state index >= 15 is 0 Å². The molecule has 2 unspecified atom stereocenters. The van der Waals surface area contributed by atoms with Crippen molar-refractivity contribution in [1.82, 2.24) is 4.90 Å². The quantitative estimate of drug-likeness (QED) is 0.561. The SMILES string of the molecule is O=C1c2ccccc2C(=O)N1C1OC1CO. The van der Waals surface area contributed by atoms with Crippen LogP contribution >= 0.6 is 0 Å². The second-order valence-corrected chi connectivity index (χ2v) is 3.77. The molecule has 2 aliphatic heterocycles. The van der Waals surface area contributed by atoms with E-state index in [1.807, 2.05) is 0 Å². The number of carbonyl (C=O) groups excluding carboxylic acids is 2. The van der Waals surface area contributed by atoms with Crippen molar-refractivity contribution in [3.8, 4) is 0 Å². The summed E-state index contributed by atoms with van der Waals surface area (Å²) in [6, 6.07) is 6.66. The summed E-state index contributed by atoms with van der Waals surface area (Å²) in [4.78, 5) is 24.9. The van der Waals surface area contributed by atoms with Gasteiger partial charge in [-0.25, -0.2) is 4.90 Å². The van der Waals surface area contributed by atoms with E-state index in [2.05, 4.69) is 0 Å². The van der Waals surface area contributed by atoms with Crippen LogP contribution in [-0.2, 0) is 4.74 Å². The van der Waals surface area contributed by atoms with Crippen LogP contribution in [0.25, 0.3) is 0 Å². The van der Waals surface area contributed by atoms with E-state index in [-0.39, 0.29) is 18.4 Å². The molecule has 2 amide bonds. The predicted octanol–water partition coefficient (Wildman–Crippen LogP) is -0.000200. The van der Waals surface area contributed by atoms with Crippen molar-refractivity contribution in [2.75, 3.05) is 6.61 Å². The molecular formula is C11H9NO4. The van der Waals surface area contributed by atoms with Crippen molar-refractivity contribution in [3.63, 3.8) is 0 Å². The normalized spacial score (nSPS) is 27.2. The minimum atomic E-state index is -0.600. The Kier molecular flexibility index (Phi) is 1.86. The van der Waals surface area contributed by atoms with Crippen LogP contribution in [0.1, 0.15) is 20.7 Å². The Morgan fingerprint density at radius 2 is 1.75 bits per heavy atom. The highest BCUT2D eigenvalue weighted by Crippen LogP contribution is 2.33. The number of aliphatic hydroxyl groups is 1. The molecule has 5 heteroatoms. The number of imide groups is 1. The van der Waals surface area contributed by atoms with Gasteiger partial charge in [0.25, 0.3) is 11.8 Å². The van der Waals surface area contributed by atoms with Crippen molar-refractivity contribution in [2.24, 2.45) is 0 Å². The van der Waals surface area contributed by atoms with Crippen LogP contribution < -0.4 is 0 Å². The van der Waals surface area contributed by atoms with Crippen molar-refractivity contribution in [3.05, 3.63) is 35.4 Å². The first kappa shape index (κ1) is 9.50. The lowest BCUT2D eigenvalue weighted by Crippen LogP contribution is -2.34. The van der Waals surface area contributed by atoms with Gasteiger partial charge in [0.15, 0.2) is 6.23 Å². The number of amides is 2. The fourth-order valence-corrected chi connectivity index (χ4v) is 1.93. The highest BCUT2D eigenvalue weighted by Gasteiger charge is 2.52. The summed E-state index contributed by atoms with van der Waals surface area (Å²) in [5.74, 6) is -0.692. The number of epoxide rings is 1. The molecule has 1 saturated heterocycles. The lowest BCUT2D eigenvalue weighted by atomic mass is 10.1. The summed E-state index contributed by atoms with van der Waals surface area (Å²) in [5, 5.41) is 8.85. The van der Waals surface area contributed by atoms with Crippen LogP contribution in [0.3, 0.4) is 0 Å². The van der Waals surface area contributed by atoms with E-state index in [1.165, 1.54) is 0 Å². The largest absolute Gasteiger partial charge is 0.393 e. The fraction of sp³-hybridized carbons (Fsp3) is 0.273. The Hall–Kier alpha value is -1.72. The second kappa shape index (κ2) is 3.13. The van der Waals surface area contributed by atoms with Crippen molar-refractivity contribution in [1.29, 1.82) is 0 Å². The van der Waals surface area contributed by atoms with Crippen LogP contribution in [0.2, 0.25) is 0 Å². The Bertz CT molecular complexity index is 450. The van der Waals surface area contributed by atoms with Gasteiger partial charge in [0.05, 0.1) is 17.7 Å². The maximum absolute atomic E-state index is 11.9. The molecule has 16 heavy (non-hydrogen) atoms. The Morgan fingerprint density at radius 3 is 2.19 bits per heavy atom. The molecule has 82 valence electrons. The maximum Gasteiger partial charge on any atom is 0.263 e. The molecule has 0 radical (unpaired) electrons. The molecular weight excluding hydrogens is 210 g/mol. The van der Waals surface area contributed by atoms with Crippen LogP contribution in [0, 0.1) is 0 Å². The number of rotatable bonds is 2. The number of benzene rings is 1. The summed E-state index contributed by atoms with van der Waals surface area (Å²) < 4.78 is 5.06. The molecule has 2 aliphatic rings. The van der Waals surface area contributed by atoms with Gasteiger partial charge >= 0.3 is 0 Å². The molecule has 1 N–H and O–H groups in total. The van der Waals surface area contributed by atoms with E-state index in [0.717, 1.165) is 4.90 Å². The molecule has 1 aromatic carbocycles. The fourth-order valence-electron chi connectivity index (χ4n) is 1.93. The van der Waals surface area contributed by atoms with E-state index in [1.54, 1.807) is 24.3 Å². The Balaban J connectivity index is 1.96. The molecule has 5 nitrogen and oxygen atoms in total. The van der Waals surface area contributed by atoms with Crippen LogP contribution in [0.4, 0.5) is 0 Å². The third-order valence-corrected chi connectivity index (χ3v) is 2.82. The summed E-state index contributed by atoms with van der Waals surface area (Å²) >= 11 is 0. The molecule has 1 aromatic rings. The number of hydrogen-bond acceptors (Lipinski definition) is 4. The van der Waals surface area contributed by atoms with Gasteiger partial charge < -0.3 is 9.84 Å². The zero-order chi connectivity index (χ0) is 11.3. The predicted molar refractivity (Wildman–Crippen MR) is 52.7 cm³/mol. The average molecular weight is 219 g/mol. The summed E-state index contributed by atoms with van der Waals surface area (Å²) in [7, 11) is 0. The zero-order valence-corrected chi connectivity index (χ0v) is 8.29. The second-order valence-electron chi connectivity index (χ2n) is 3.77. The Morgan fingerprint density at radius 1 is 1.19 bits per heavy atom. The molecule has 0 aliphatic carbocycles. The van der Waals surface area contributed by atoms with Crippen molar-refractivity contribution in [2.45, 2.75) is 12.3 Å². The number of ether oxygens (including phenoxy) is 1. The van der Waals surface area contributed by atoms with Crippen molar-refractivity contribution >= 4 is 11.8 Å². The molecule has 1 fully saturated rings. The highest BCUT2D eigenvalue weighted by molar-refractivity contribution is 6.21. The number of hydrogen-bond donors (Lipinski definition) is 1. The molecule has 2 atom stereocenters. The first-order valence-electron chi connectivity index (χ1n) is 4.97. The first-order chi connectivity index (χ1) is 7.74. The molecule has 0 spiro atoms. The molecule has 0 saturated carbocycles. The van der Waals surface area contributed by atoms with E-state index < -0.39 is 12.3 Å². The van der Waals surface area contributed by atoms with Gasteiger partial charge in [0.2, 0.25) is 0 Å². The van der Waals surface area contributed by atoms with Gasteiger partial charge in [0.1, 0.15) is 6.10 Å². The Labute approximate surface area is 91.2 Å². The third-order valence-electron chi connectivity index (χ3n) is 2.82. The minimum Gasteiger partial charge on any atom is -0.393 e. The summed E-state index contributed by atoms with van der Waals surface area (Å²) in [6.45, 7) is -0.182. The molecule has 2 heterocycles. The van der Waals surface area contributed by atoms with Crippen LogP contribution in [-0.4, -0.2) is 40.8 Å². The third kappa shape index (κ3) is 1.12. The molecule has 0 bridgehead atoms. The first-order valence-corrected chi connectivity index (χ1v) is 4.97.